The predicted molar refractivity (Wildman–Crippen MR) is 31.1 cm³/mol. The molecule has 0 aromatic carbocycles. The Morgan fingerprint density at radius 2 is 2.33 bits per heavy atom. The molecule has 0 amide bonds. The highest BCUT2D eigenvalue weighted by atomic mass is 17.2. The van der Waals surface area contributed by atoms with Crippen LogP contribution in [0.5, 0.6) is 0 Å². The van der Waals surface area contributed by atoms with Crippen LogP contribution in [0.2, 0.25) is 0 Å². The smallest absolute Gasteiger partial charge is 0.303 e. The zero-order valence-corrected chi connectivity index (χ0v) is 5.59. The number of hydrogen-bond acceptors (Lipinski definition) is 4. The molecule has 0 saturated carbocycles. The summed E-state index contributed by atoms with van der Waals surface area (Å²) >= 11 is 0. The molecule has 0 spiro atoms. The molecule has 1 unspecified atom stereocenters. The molecule has 0 aliphatic heterocycles. The van der Waals surface area contributed by atoms with Crippen LogP contribution in [0.25, 0.3) is 0 Å². The lowest BCUT2D eigenvalue weighted by Crippen LogP contribution is -2.21. The topological polar surface area (TPSA) is 61.5 Å². The van der Waals surface area contributed by atoms with Crippen LogP contribution in [0.1, 0.15) is 20.3 Å². The van der Waals surface area contributed by atoms with Crippen LogP contribution in [-0.4, -0.2) is 12.2 Å². The summed E-state index contributed by atoms with van der Waals surface area (Å²) in [5, 5.41) is 0. The Morgan fingerprint density at radius 1 is 1.78 bits per heavy atom. The third-order valence-electron chi connectivity index (χ3n) is 0.582. The Kier molecular flexibility index (Phi) is 4.00. The maximum absolute atomic E-state index is 10.3. The first-order valence-corrected chi connectivity index (χ1v) is 2.78. The van der Waals surface area contributed by atoms with E-state index in [0.717, 1.165) is 0 Å². The van der Waals surface area contributed by atoms with Crippen molar-refractivity contribution in [2.45, 2.75) is 26.5 Å². The minimum Gasteiger partial charge on any atom is -0.303 e. The van der Waals surface area contributed by atoms with Crippen LogP contribution in [0, 0.1) is 0 Å². The normalized spacial score (nSPS) is 12.8. The van der Waals surface area contributed by atoms with Gasteiger partial charge in [-0.2, -0.15) is 4.89 Å². The molecule has 0 heterocycles. The van der Waals surface area contributed by atoms with Crippen molar-refractivity contribution in [3.8, 4) is 0 Å². The lowest BCUT2D eigenvalue weighted by Gasteiger charge is -2.03. The van der Waals surface area contributed by atoms with E-state index in [0.29, 0.717) is 6.42 Å². The molecule has 0 aromatic rings. The van der Waals surface area contributed by atoms with E-state index in [1.54, 1.807) is 13.8 Å². The second-order valence-electron chi connectivity index (χ2n) is 1.61. The molecule has 0 fully saturated rings. The Hall–Kier alpha value is -0.610. The van der Waals surface area contributed by atoms with Crippen molar-refractivity contribution >= 4 is 5.97 Å². The quantitative estimate of drug-likeness (QED) is 0.339. The van der Waals surface area contributed by atoms with Gasteiger partial charge in [0, 0.05) is 6.42 Å². The lowest BCUT2D eigenvalue weighted by molar-refractivity contribution is -0.293. The monoisotopic (exact) mass is 133 g/mol. The summed E-state index contributed by atoms with van der Waals surface area (Å²) in [6.45, 7) is 3.25. The molecule has 0 saturated heterocycles. The van der Waals surface area contributed by atoms with Gasteiger partial charge in [0.2, 0.25) is 0 Å². The average Bonchev–Trinajstić information content (AvgIpc) is 1.83. The SMILES string of the molecule is CCC(=O)OOC(C)N. The van der Waals surface area contributed by atoms with Gasteiger partial charge in [0.05, 0.1) is 0 Å². The molecule has 2 N–H and O–H groups in total. The van der Waals surface area contributed by atoms with Crippen molar-refractivity contribution in [2.24, 2.45) is 5.73 Å². The van der Waals surface area contributed by atoms with E-state index in [-0.39, 0.29) is 0 Å². The van der Waals surface area contributed by atoms with Gasteiger partial charge < -0.3 is 5.73 Å². The lowest BCUT2D eigenvalue weighted by atomic mass is 10.5. The van der Waals surface area contributed by atoms with Gasteiger partial charge in [-0.25, -0.2) is 4.79 Å². The third-order valence-corrected chi connectivity index (χ3v) is 0.582. The standard InChI is InChI=1S/C5H11NO3/c1-3-5(7)9-8-4(2)6/h4H,3,6H2,1-2H3. The number of hydrogen-bond donors (Lipinski definition) is 1. The maximum atomic E-state index is 10.3. The van der Waals surface area contributed by atoms with Crippen molar-refractivity contribution < 1.29 is 14.6 Å². The highest BCUT2D eigenvalue weighted by Gasteiger charge is 2.00. The fourth-order valence-corrected chi connectivity index (χ4v) is 0.188. The van der Waals surface area contributed by atoms with E-state index in [1.807, 2.05) is 0 Å². The Morgan fingerprint density at radius 3 is 2.67 bits per heavy atom. The second-order valence-corrected chi connectivity index (χ2v) is 1.61. The van der Waals surface area contributed by atoms with E-state index in [4.69, 9.17) is 5.73 Å². The predicted octanol–water partition coefficient (Wildman–Crippen LogP) is 0.176. The van der Waals surface area contributed by atoms with Gasteiger partial charge >= 0.3 is 5.97 Å². The average molecular weight is 133 g/mol. The van der Waals surface area contributed by atoms with Crippen LogP contribution in [0.15, 0.2) is 0 Å². The van der Waals surface area contributed by atoms with E-state index >= 15 is 0 Å². The second kappa shape index (κ2) is 4.29. The summed E-state index contributed by atoms with van der Waals surface area (Å²) in [6, 6.07) is 0. The fraction of sp³-hybridized carbons (Fsp3) is 0.800. The molecule has 0 aromatic heterocycles. The summed E-state index contributed by atoms with van der Waals surface area (Å²) < 4.78 is 0. The number of rotatable bonds is 3. The maximum Gasteiger partial charge on any atom is 0.342 e. The van der Waals surface area contributed by atoms with E-state index in [2.05, 4.69) is 9.78 Å². The van der Waals surface area contributed by atoms with Crippen LogP contribution in [-0.2, 0) is 14.6 Å². The molecule has 54 valence electrons. The van der Waals surface area contributed by atoms with Crippen LogP contribution >= 0.6 is 0 Å². The third kappa shape index (κ3) is 5.26. The summed E-state index contributed by atoms with van der Waals surface area (Å²) in [5.74, 6) is -0.410. The van der Waals surface area contributed by atoms with Gasteiger partial charge in [-0.1, -0.05) is 6.92 Å². The summed E-state index contributed by atoms with van der Waals surface area (Å²) in [4.78, 5) is 18.8. The van der Waals surface area contributed by atoms with Crippen LogP contribution in [0.4, 0.5) is 0 Å². The molecular formula is C5H11NO3. The Labute approximate surface area is 53.9 Å². The number of carbonyl (C=O) groups excluding carboxylic acids is 1. The number of nitrogens with two attached hydrogens (primary N) is 1. The summed E-state index contributed by atoms with van der Waals surface area (Å²) in [6.07, 6.45) is -0.257. The van der Waals surface area contributed by atoms with Crippen molar-refractivity contribution in [2.75, 3.05) is 0 Å². The molecule has 0 radical (unpaired) electrons. The fourth-order valence-electron chi connectivity index (χ4n) is 0.188. The first-order chi connectivity index (χ1) is 4.16. The largest absolute Gasteiger partial charge is 0.342 e. The molecular weight excluding hydrogens is 122 g/mol. The molecule has 0 bridgehead atoms. The molecule has 1 atom stereocenters. The summed E-state index contributed by atoms with van der Waals surface area (Å²) in [5.41, 5.74) is 5.10. The van der Waals surface area contributed by atoms with Gasteiger partial charge in [0.25, 0.3) is 0 Å². The first-order valence-electron chi connectivity index (χ1n) is 2.78. The van der Waals surface area contributed by atoms with Crippen molar-refractivity contribution in [1.29, 1.82) is 0 Å². The zero-order valence-electron chi connectivity index (χ0n) is 5.59. The Bertz CT molecular complexity index is 92.2. The molecule has 0 rings (SSSR count). The minimum absolute atomic E-state index is 0.298. The van der Waals surface area contributed by atoms with Crippen LogP contribution in [0.3, 0.4) is 0 Å². The van der Waals surface area contributed by atoms with Gasteiger partial charge in [0.15, 0.2) is 0 Å². The zero-order chi connectivity index (χ0) is 7.28. The first kappa shape index (κ1) is 8.39. The van der Waals surface area contributed by atoms with E-state index in [1.165, 1.54) is 0 Å². The van der Waals surface area contributed by atoms with Gasteiger partial charge in [-0.15, -0.1) is 0 Å². The van der Waals surface area contributed by atoms with Gasteiger partial charge in [-0.05, 0) is 6.92 Å². The van der Waals surface area contributed by atoms with Crippen molar-refractivity contribution in [1.82, 2.24) is 0 Å². The van der Waals surface area contributed by atoms with Crippen LogP contribution < -0.4 is 5.73 Å². The molecule has 4 heteroatoms. The molecule has 0 aliphatic carbocycles. The van der Waals surface area contributed by atoms with Crippen molar-refractivity contribution in [3.05, 3.63) is 0 Å². The highest BCUT2D eigenvalue weighted by molar-refractivity contribution is 5.68. The van der Waals surface area contributed by atoms with Crippen molar-refractivity contribution in [3.63, 3.8) is 0 Å². The molecule has 4 nitrogen and oxygen atoms in total. The number of carbonyl (C=O) groups is 1. The van der Waals surface area contributed by atoms with Gasteiger partial charge in [-0.3, -0.25) is 4.89 Å². The van der Waals surface area contributed by atoms with E-state index in [9.17, 15) is 4.79 Å². The Balaban J connectivity index is 3.17. The summed E-state index contributed by atoms with van der Waals surface area (Å²) in [7, 11) is 0. The van der Waals surface area contributed by atoms with E-state index < -0.39 is 12.2 Å². The van der Waals surface area contributed by atoms with Gasteiger partial charge in [0.1, 0.15) is 6.23 Å². The molecule has 9 heavy (non-hydrogen) atoms. The highest BCUT2D eigenvalue weighted by Crippen LogP contribution is 1.87. The minimum atomic E-state index is -0.555. The molecule has 0 aliphatic rings.